The molecule has 252 valence electrons. The van der Waals surface area contributed by atoms with Crippen molar-refractivity contribution in [1.29, 1.82) is 0 Å². The van der Waals surface area contributed by atoms with Crippen molar-refractivity contribution in [3.63, 3.8) is 0 Å². The van der Waals surface area contributed by atoms with Gasteiger partial charge in [0, 0.05) is 13.1 Å². The van der Waals surface area contributed by atoms with Crippen LogP contribution in [0.4, 0.5) is 26.3 Å². The van der Waals surface area contributed by atoms with Crippen molar-refractivity contribution in [3.05, 3.63) is 119 Å². The summed E-state index contributed by atoms with van der Waals surface area (Å²) in [5.41, 5.74) is 3.27. The maximum atomic E-state index is 13.6. The van der Waals surface area contributed by atoms with Gasteiger partial charge >= 0.3 is 12.4 Å². The molecule has 5 rings (SSSR count). The van der Waals surface area contributed by atoms with Crippen LogP contribution in [0.25, 0.3) is 22.3 Å². The molecule has 4 aromatic rings. The lowest BCUT2D eigenvalue weighted by atomic mass is 9.73. The number of rotatable bonds is 13. The number of carbonyl (C=O) groups excluding carboxylic acids is 2. The summed E-state index contributed by atoms with van der Waals surface area (Å²) in [6.45, 7) is -0.689. The average Bonchev–Trinajstić information content (AvgIpc) is 3.35. The molecule has 5 nitrogen and oxygen atoms in total. The predicted octanol–water partition coefficient (Wildman–Crippen LogP) is 7.78. The molecule has 4 aromatic carbocycles. The van der Waals surface area contributed by atoms with E-state index in [0.29, 0.717) is 55.5 Å². The molecule has 48 heavy (non-hydrogen) atoms. The Morgan fingerprint density at radius 1 is 0.646 bits per heavy atom. The van der Waals surface area contributed by atoms with Crippen LogP contribution in [-0.2, 0) is 27.7 Å². The van der Waals surface area contributed by atoms with Crippen molar-refractivity contribution in [2.45, 2.75) is 50.0 Å². The van der Waals surface area contributed by atoms with Gasteiger partial charge in [-0.2, -0.15) is 26.3 Å². The molecule has 1 aliphatic carbocycles. The Kier molecular flexibility index (Phi) is 10.6. The van der Waals surface area contributed by atoms with Crippen LogP contribution >= 0.6 is 0 Å². The lowest BCUT2D eigenvalue weighted by Gasteiger charge is -2.31. The Balaban J connectivity index is 1.12. The number of carbonyl (C=O) groups is 2. The highest BCUT2D eigenvalue weighted by atomic mass is 19.4. The standard InChI is InChI=1S/C37H35F6N3O2/c38-36(39,40)24-46-34(48)35(31-14-6-4-12-29(31)30-13-5-7-15-32(30)35)20-8-1-9-21-45-33(47)23-44-22-26-10-2-3-11-28(26)25-16-18-27(19-17-25)37(41,42)43/h2-7,10-19,44H,1,8-9,20-24H2,(H,45,47)(H,46,48). The van der Waals surface area contributed by atoms with Crippen molar-refractivity contribution in [2.24, 2.45) is 0 Å². The van der Waals surface area contributed by atoms with Gasteiger partial charge in [-0.25, -0.2) is 0 Å². The number of fused-ring (bicyclic) bond motifs is 3. The summed E-state index contributed by atoms with van der Waals surface area (Å²) in [4.78, 5) is 26.1. The molecule has 0 saturated heterocycles. The van der Waals surface area contributed by atoms with E-state index >= 15 is 0 Å². The molecule has 11 heteroatoms. The molecule has 0 atom stereocenters. The lowest BCUT2D eigenvalue weighted by Crippen LogP contribution is -2.47. The Morgan fingerprint density at radius 3 is 1.83 bits per heavy atom. The van der Waals surface area contributed by atoms with Gasteiger partial charge in [-0.3, -0.25) is 9.59 Å². The van der Waals surface area contributed by atoms with Crippen LogP contribution in [0.1, 0.15) is 47.9 Å². The molecule has 0 saturated carbocycles. The van der Waals surface area contributed by atoms with Crippen molar-refractivity contribution in [3.8, 4) is 22.3 Å². The Bertz CT molecular complexity index is 1690. The molecule has 0 spiro atoms. The van der Waals surface area contributed by atoms with E-state index in [9.17, 15) is 35.9 Å². The number of halogens is 6. The third-order valence-corrected chi connectivity index (χ3v) is 8.59. The quantitative estimate of drug-likeness (QED) is 0.101. The predicted molar refractivity (Wildman–Crippen MR) is 172 cm³/mol. The number of unbranched alkanes of at least 4 members (excludes halogenated alkanes) is 2. The van der Waals surface area contributed by atoms with E-state index in [2.05, 4.69) is 16.0 Å². The molecular formula is C37H35F6N3O2. The van der Waals surface area contributed by atoms with Gasteiger partial charge in [0.25, 0.3) is 0 Å². The van der Waals surface area contributed by atoms with Gasteiger partial charge in [0.1, 0.15) is 12.0 Å². The highest BCUT2D eigenvalue weighted by Crippen LogP contribution is 2.51. The van der Waals surface area contributed by atoms with Gasteiger partial charge in [-0.05, 0) is 63.9 Å². The molecule has 0 aliphatic heterocycles. The zero-order chi connectivity index (χ0) is 34.4. The van der Waals surface area contributed by atoms with Gasteiger partial charge in [-0.1, -0.05) is 97.8 Å². The van der Waals surface area contributed by atoms with Crippen LogP contribution in [0, 0.1) is 0 Å². The number of hydrogen-bond donors (Lipinski definition) is 3. The summed E-state index contributed by atoms with van der Waals surface area (Å²) >= 11 is 0. The van der Waals surface area contributed by atoms with Crippen LogP contribution in [-0.4, -0.2) is 37.6 Å². The molecule has 1 aliphatic rings. The van der Waals surface area contributed by atoms with Crippen LogP contribution in [0.2, 0.25) is 0 Å². The van der Waals surface area contributed by atoms with E-state index in [1.807, 2.05) is 42.5 Å². The van der Waals surface area contributed by atoms with E-state index in [4.69, 9.17) is 0 Å². The Hall–Kier alpha value is -4.64. The fourth-order valence-corrected chi connectivity index (χ4v) is 6.37. The summed E-state index contributed by atoms with van der Waals surface area (Å²) in [6, 6.07) is 26.8. The van der Waals surface area contributed by atoms with Crippen LogP contribution in [0.5, 0.6) is 0 Å². The van der Waals surface area contributed by atoms with E-state index in [1.54, 1.807) is 30.3 Å². The smallest absolute Gasteiger partial charge is 0.355 e. The molecule has 0 fully saturated rings. The maximum Gasteiger partial charge on any atom is 0.416 e. The fourth-order valence-electron chi connectivity index (χ4n) is 6.37. The first kappa shape index (κ1) is 34.7. The van der Waals surface area contributed by atoms with Gasteiger partial charge in [0.2, 0.25) is 11.8 Å². The minimum absolute atomic E-state index is 0.0252. The molecule has 0 unspecified atom stereocenters. The zero-order valence-corrected chi connectivity index (χ0v) is 26.0. The van der Waals surface area contributed by atoms with E-state index in [1.165, 1.54) is 12.1 Å². The number of nitrogens with one attached hydrogen (secondary N) is 3. The highest BCUT2D eigenvalue weighted by Gasteiger charge is 2.49. The first-order chi connectivity index (χ1) is 22.9. The van der Waals surface area contributed by atoms with Crippen molar-refractivity contribution in [2.75, 3.05) is 19.6 Å². The van der Waals surface area contributed by atoms with Crippen LogP contribution in [0.3, 0.4) is 0 Å². The SMILES string of the molecule is O=C(CNCc1ccccc1-c1ccc(C(F)(F)F)cc1)NCCCCCC1(C(=O)NCC(F)(F)F)c2ccccc2-c2ccccc21. The van der Waals surface area contributed by atoms with Crippen LogP contribution in [0.15, 0.2) is 97.1 Å². The molecular weight excluding hydrogens is 632 g/mol. The minimum atomic E-state index is -4.54. The monoisotopic (exact) mass is 667 g/mol. The second kappa shape index (κ2) is 14.6. The lowest BCUT2D eigenvalue weighted by molar-refractivity contribution is -0.141. The van der Waals surface area contributed by atoms with E-state index < -0.39 is 35.8 Å². The zero-order valence-electron chi connectivity index (χ0n) is 26.0. The third kappa shape index (κ3) is 7.90. The number of hydrogen-bond acceptors (Lipinski definition) is 3. The number of alkyl halides is 6. The topological polar surface area (TPSA) is 70.2 Å². The largest absolute Gasteiger partial charge is 0.416 e. The number of benzene rings is 4. The summed E-state index contributed by atoms with van der Waals surface area (Å²) < 4.78 is 78.2. The molecule has 2 amide bonds. The highest BCUT2D eigenvalue weighted by molar-refractivity contribution is 6.00. The average molecular weight is 668 g/mol. The molecule has 0 aromatic heterocycles. The molecule has 3 N–H and O–H groups in total. The van der Waals surface area contributed by atoms with E-state index in [0.717, 1.165) is 34.4 Å². The Morgan fingerprint density at radius 2 is 1.23 bits per heavy atom. The van der Waals surface area contributed by atoms with E-state index in [-0.39, 0.29) is 12.5 Å². The number of amides is 2. The summed E-state index contributed by atoms with van der Waals surface area (Å²) in [5, 5.41) is 8.07. The first-order valence-corrected chi connectivity index (χ1v) is 15.7. The van der Waals surface area contributed by atoms with Gasteiger partial charge in [-0.15, -0.1) is 0 Å². The third-order valence-electron chi connectivity index (χ3n) is 8.59. The minimum Gasteiger partial charge on any atom is -0.355 e. The van der Waals surface area contributed by atoms with Crippen molar-refractivity contribution >= 4 is 11.8 Å². The second-order valence-corrected chi connectivity index (χ2v) is 11.8. The molecule has 0 heterocycles. The normalized spacial score (nSPS) is 13.5. The van der Waals surface area contributed by atoms with Gasteiger partial charge in [0.15, 0.2) is 0 Å². The van der Waals surface area contributed by atoms with Gasteiger partial charge in [0.05, 0.1) is 12.1 Å². The van der Waals surface area contributed by atoms with Gasteiger partial charge < -0.3 is 16.0 Å². The summed E-state index contributed by atoms with van der Waals surface area (Å²) in [7, 11) is 0. The van der Waals surface area contributed by atoms with Crippen molar-refractivity contribution < 1.29 is 35.9 Å². The second-order valence-electron chi connectivity index (χ2n) is 11.8. The van der Waals surface area contributed by atoms with Crippen molar-refractivity contribution in [1.82, 2.24) is 16.0 Å². The summed E-state index contributed by atoms with van der Waals surface area (Å²) in [5.74, 6) is -0.917. The fraction of sp³-hybridized carbons (Fsp3) is 0.297. The Labute approximate surface area is 274 Å². The first-order valence-electron chi connectivity index (χ1n) is 15.7. The molecule has 0 radical (unpaired) electrons. The maximum absolute atomic E-state index is 13.6. The molecule has 0 bridgehead atoms. The van der Waals surface area contributed by atoms with Crippen LogP contribution < -0.4 is 16.0 Å². The summed E-state index contributed by atoms with van der Waals surface area (Å²) in [6.07, 6.45) is -6.88.